The van der Waals surface area contributed by atoms with Gasteiger partial charge < -0.3 is 4.57 Å². The molecule has 0 amide bonds. The predicted molar refractivity (Wildman–Crippen MR) is 126 cm³/mol. The van der Waals surface area contributed by atoms with Crippen LogP contribution in [0.4, 0.5) is 0 Å². The molecule has 2 aromatic heterocycles. The Bertz CT molecular complexity index is 1640. The van der Waals surface area contributed by atoms with Crippen LogP contribution < -0.4 is 0 Å². The van der Waals surface area contributed by atoms with Gasteiger partial charge in [-0.1, -0.05) is 54.6 Å². The van der Waals surface area contributed by atoms with Crippen LogP contribution in [0.3, 0.4) is 0 Å². The fourth-order valence-corrected chi connectivity index (χ4v) is 4.46. The fraction of sp³-hybridized carbons (Fsp3) is 0. The second-order valence-corrected chi connectivity index (χ2v) is 7.63. The third-order valence-corrected chi connectivity index (χ3v) is 5.85. The summed E-state index contributed by atoms with van der Waals surface area (Å²) in [6.45, 7) is 0. The SMILES string of the molecule is N#Cc1ccnc(-c2ccc3c(c2)c2c4ccccc4ccc2n3-c2ccccc2)c1. The summed E-state index contributed by atoms with van der Waals surface area (Å²) in [5.74, 6) is 0. The van der Waals surface area contributed by atoms with Crippen molar-refractivity contribution < 1.29 is 0 Å². The van der Waals surface area contributed by atoms with Crippen molar-refractivity contribution in [2.24, 2.45) is 0 Å². The number of hydrogen-bond donors (Lipinski definition) is 0. The smallest absolute Gasteiger partial charge is 0.0992 e. The summed E-state index contributed by atoms with van der Waals surface area (Å²) in [5.41, 5.74) is 5.89. The van der Waals surface area contributed by atoms with E-state index in [1.807, 2.05) is 12.1 Å². The van der Waals surface area contributed by atoms with Crippen LogP contribution in [0.25, 0.3) is 49.5 Å². The molecule has 0 fully saturated rings. The van der Waals surface area contributed by atoms with Crippen LogP contribution in [0.1, 0.15) is 5.56 Å². The highest BCUT2D eigenvalue weighted by Crippen LogP contribution is 2.38. The maximum Gasteiger partial charge on any atom is 0.0992 e. The maximum absolute atomic E-state index is 9.29. The highest BCUT2D eigenvalue weighted by molar-refractivity contribution is 6.21. The number of fused-ring (bicyclic) bond motifs is 5. The maximum atomic E-state index is 9.29. The predicted octanol–water partition coefficient (Wildman–Crippen LogP) is 6.87. The van der Waals surface area contributed by atoms with Gasteiger partial charge in [-0.05, 0) is 53.2 Å². The molecule has 0 spiro atoms. The van der Waals surface area contributed by atoms with E-state index in [9.17, 15) is 5.26 Å². The number of rotatable bonds is 2. The molecule has 0 N–H and O–H groups in total. The molecule has 144 valence electrons. The van der Waals surface area contributed by atoms with E-state index in [1.165, 1.54) is 27.1 Å². The first-order valence-electron chi connectivity index (χ1n) is 10.2. The molecule has 0 bridgehead atoms. The number of nitriles is 1. The first-order valence-corrected chi connectivity index (χ1v) is 10.2. The van der Waals surface area contributed by atoms with E-state index < -0.39 is 0 Å². The zero-order valence-electron chi connectivity index (χ0n) is 16.7. The van der Waals surface area contributed by atoms with E-state index >= 15 is 0 Å². The fourth-order valence-electron chi connectivity index (χ4n) is 4.46. The lowest BCUT2D eigenvalue weighted by molar-refractivity contribution is 1.18. The van der Waals surface area contributed by atoms with Gasteiger partial charge in [-0.25, -0.2) is 0 Å². The van der Waals surface area contributed by atoms with Crippen LogP contribution in [-0.2, 0) is 0 Å². The average molecular weight is 395 g/mol. The minimum absolute atomic E-state index is 0.613. The van der Waals surface area contributed by atoms with Gasteiger partial charge in [0.1, 0.15) is 0 Å². The number of aromatic nitrogens is 2. The van der Waals surface area contributed by atoms with E-state index in [1.54, 1.807) is 12.3 Å². The van der Waals surface area contributed by atoms with Crippen molar-refractivity contribution >= 4 is 32.6 Å². The van der Waals surface area contributed by atoms with Gasteiger partial charge in [0, 0.05) is 28.2 Å². The van der Waals surface area contributed by atoms with Crippen molar-refractivity contribution in [3.8, 4) is 23.0 Å². The third-order valence-electron chi connectivity index (χ3n) is 5.85. The molecule has 3 nitrogen and oxygen atoms in total. The summed E-state index contributed by atoms with van der Waals surface area (Å²) in [7, 11) is 0. The van der Waals surface area contributed by atoms with Gasteiger partial charge in [0.15, 0.2) is 0 Å². The normalized spacial score (nSPS) is 11.2. The molecule has 3 heteroatoms. The average Bonchev–Trinajstić information content (AvgIpc) is 3.18. The number of benzene rings is 4. The Kier molecular flexibility index (Phi) is 3.84. The quantitative estimate of drug-likeness (QED) is 0.321. The van der Waals surface area contributed by atoms with E-state index in [0.29, 0.717) is 5.56 Å². The van der Waals surface area contributed by atoms with Gasteiger partial charge in [0.2, 0.25) is 0 Å². The second-order valence-electron chi connectivity index (χ2n) is 7.63. The molecule has 0 aliphatic carbocycles. The molecular weight excluding hydrogens is 378 g/mol. The Morgan fingerprint density at radius 2 is 1.52 bits per heavy atom. The van der Waals surface area contributed by atoms with Crippen molar-refractivity contribution in [3.63, 3.8) is 0 Å². The van der Waals surface area contributed by atoms with E-state index in [-0.39, 0.29) is 0 Å². The molecule has 0 unspecified atom stereocenters. The highest BCUT2D eigenvalue weighted by Gasteiger charge is 2.15. The molecule has 0 saturated carbocycles. The Morgan fingerprint density at radius 3 is 2.39 bits per heavy atom. The number of para-hydroxylation sites is 1. The summed E-state index contributed by atoms with van der Waals surface area (Å²) in [6.07, 6.45) is 1.70. The van der Waals surface area contributed by atoms with Gasteiger partial charge in [0.25, 0.3) is 0 Å². The van der Waals surface area contributed by atoms with Crippen LogP contribution in [0, 0.1) is 11.3 Å². The van der Waals surface area contributed by atoms with Crippen molar-refractivity contribution in [1.82, 2.24) is 9.55 Å². The summed E-state index contributed by atoms with van der Waals surface area (Å²) >= 11 is 0. The first kappa shape index (κ1) is 17.4. The lowest BCUT2D eigenvalue weighted by atomic mass is 10.0. The summed E-state index contributed by atoms with van der Waals surface area (Å²) in [6, 6.07) is 35.6. The largest absolute Gasteiger partial charge is 0.309 e. The Balaban J connectivity index is 1.75. The van der Waals surface area contributed by atoms with Crippen LogP contribution >= 0.6 is 0 Å². The lowest BCUT2D eigenvalue weighted by Gasteiger charge is -2.08. The van der Waals surface area contributed by atoms with Gasteiger partial charge in [-0.15, -0.1) is 0 Å². The molecule has 0 aliphatic rings. The molecule has 2 heterocycles. The van der Waals surface area contributed by atoms with E-state index in [4.69, 9.17) is 0 Å². The van der Waals surface area contributed by atoms with E-state index in [2.05, 4.69) is 94.5 Å². The summed E-state index contributed by atoms with van der Waals surface area (Å²) < 4.78 is 2.32. The minimum atomic E-state index is 0.613. The molecule has 0 atom stereocenters. The number of nitrogens with zero attached hydrogens (tertiary/aromatic N) is 3. The molecule has 4 aromatic carbocycles. The van der Waals surface area contributed by atoms with Crippen LogP contribution in [-0.4, -0.2) is 9.55 Å². The van der Waals surface area contributed by atoms with Crippen LogP contribution in [0.2, 0.25) is 0 Å². The first-order chi connectivity index (χ1) is 15.3. The van der Waals surface area contributed by atoms with Crippen molar-refractivity contribution in [2.75, 3.05) is 0 Å². The molecule has 0 aliphatic heterocycles. The molecular formula is C28H17N3. The van der Waals surface area contributed by atoms with Gasteiger partial charge >= 0.3 is 0 Å². The monoisotopic (exact) mass is 395 g/mol. The summed E-state index contributed by atoms with van der Waals surface area (Å²) in [4.78, 5) is 4.51. The van der Waals surface area contributed by atoms with Crippen molar-refractivity contribution in [1.29, 1.82) is 5.26 Å². The number of hydrogen-bond acceptors (Lipinski definition) is 2. The molecule has 6 rings (SSSR count). The molecule has 0 saturated heterocycles. The highest BCUT2D eigenvalue weighted by atomic mass is 15.0. The van der Waals surface area contributed by atoms with Gasteiger partial charge in [-0.2, -0.15) is 5.26 Å². The minimum Gasteiger partial charge on any atom is -0.309 e. The standard InChI is InChI=1S/C28H17N3/c29-18-19-14-15-30-25(16-19)21-11-12-26-24(17-21)28-23-9-5-4-6-20(23)10-13-27(28)31(26)22-7-2-1-3-8-22/h1-17H. The Morgan fingerprint density at radius 1 is 0.710 bits per heavy atom. The lowest BCUT2D eigenvalue weighted by Crippen LogP contribution is -1.93. The van der Waals surface area contributed by atoms with E-state index in [0.717, 1.165) is 22.5 Å². The van der Waals surface area contributed by atoms with Crippen LogP contribution in [0.15, 0.2) is 103 Å². The Hall–Kier alpha value is -4.42. The number of pyridine rings is 1. The van der Waals surface area contributed by atoms with Crippen molar-refractivity contribution in [2.45, 2.75) is 0 Å². The molecule has 31 heavy (non-hydrogen) atoms. The summed E-state index contributed by atoms with van der Waals surface area (Å²) in [5, 5.41) is 14.2. The van der Waals surface area contributed by atoms with Gasteiger partial charge in [-0.3, -0.25) is 4.98 Å². The third kappa shape index (κ3) is 2.70. The van der Waals surface area contributed by atoms with Crippen molar-refractivity contribution in [3.05, 3.63) is 109 Å². The zero-order valence-corrected chi connectivity index (χ0v) is 16.7. The molecule has 6 aromatic rings. The second kappa shape index (κ2) is 6.83. The molecule has 0 radical (unpaired) electrons. The van der Waals surface area contributed by atoms with Gasteiger partial charge in [0.05, 0.1) is 28.4 Å². The topological polar surface area (TPSA) is 41.6 Å². The zero-order chi connectivity index (χ0) is 20.8. The Labute approximate surface area is 179 Å². The van der Waals surface area contributed by atoms with Crippen LogP contribution in [0.5, 0.6) is 0 Å².